The van der Waals surface area contributed by atoms with E-state index < -0.39 is 0 Å². The van der Waals surface area contributed by atoms with Gasteiger partial charge in [-0.25, -0.2) is 4.58 Å². The zero-order chi connectivity index (χ0) is 16.4. The molecule has 0 aliphatic carbocycles. The van der Waals surface area contributed by atoms with E-state index in [2.05, 4.69) is 9.57 Å². The van der Waals surface area contributed by atoms with Gasteiger partial charge in [-0.05, 0) is 23.2 Å². The van der Waals surface area contributed by atoms with Crippen LogP contribution < -0.4 is 10.6 Å². The third-order valence-corrected chi connectivity index (χ3v) is 4.85. The maximum absolute atomic E-state index is 10.2. The van der Waals surface area contributed by atoms with Crippen LogP contribution in [0.2, 0.25) is 0 Å². The molecule has 0 unspecified atom stereocenters. The number of benzene rings is 1. The summed E-state index contributed by atoms with van der Waals surface area (Å²) in [5, 5.41) is 11.1. The first kappa shape index (κ1) is 15.9. The van der Waals surface area contributed by atoms with Crippen molar-refractivity contribution in [1.29, 1.82) is 0 Å². The number of aromatic hydroxyl groups is 1. The molecule has 122 valence electrons. The molecule has 1 saturated heterocycles. The molecular weight excluding hydrogens is 312 g/mol. The summed E-state index contributed by atoms with van der Waals surface area (Å²) in [5.74, 6) is 0.726. The van der Waals surface area contributed by atoms with E-state index in [0.29, 0.717) is 19.0 Å². The van der Waals surface area contributed by atoms with Gasteiger partial charge in [0.15, 0.2) is 0 Å². The molecule has 1 aromatic rings. The summed E-state index contributed by atoms with van der Waals surface area (Å²) in [4.78, 5) is 7.26. The van der Waals surface area contributed by atoms with Crippen LogP contribution in [0.15, 0.2) is 28.1 Å². The van der Waals surface area contributed by atoms with Gasteiger partial charge < -0.3 is 20.5 Å². The van der Waals surface area contributed by atoms with Crippen molar-refractivity contribution in [3.8, 4) is 5.75 Å². The van der Waals surface area contributed by atoms with Gasteiger partial charge in [0.2, 0.25) is 0 Å². The van der Waals surface area contributed by atoms with E-state index in [1.165, 1.54) is 11.8 Å². The van der Waals surface area contributed by atoms with Gasteiger partial charge in [-0.1, -0.05) is 0 Å². The third kappa shape index (κ3) is 3.51. The zero-order valence-electron chi connectivity index (χ0n) is 13.3. The Bertz CT molecular complexity index is 702. The molecule has 2 aliphatic heterocycles. The second-order valence-corrected chi connectivity index (χ2v) is 6.64. The van der Waals surface area contributed by atoms with Crippen LogP contribution in [-0.4, -0.2) is 61.1 Å². The number of hydrogen-bond acceptors (Lipinski definition) is 5. The predicted octanol–water partition coefficient (Wildman–Crippen LogP) is 1.30. The van der Waals surface area contributed by atoms with Gasteiger partial charge in [-0.2, -0.15) is 0 Å². The third-order valence-electron chi connectivity index (χ3n) is 3.77. The summed E-state index contributed by atoms with van der Waals surface area (Å²) in [5.41, 5.74) is 7.73. The minimum atomic E-state index is 0.233. The van der Waals surface area contributed by atoms with E-state index in [4.69, 9.17) is 10.5 Å². The Kier molecular flexibility index (Phi) is 4.58. The number of nitrogens with two attached hydrogens (primary N) is 1. The van der Waals surface area contributed by atoms with Gasteiger partial charge >= 0.3 is 5.17 Å². The summed E-state index contributed by atoms with van der Waals surface area (Å²) >= 11 is 1.54. The predicted molar refractivity (Wildman–Crippen MR) is 95.4 cm³/mol. The number of nitrogens with zero attached hydrogens (tertiary/aromatic N) is 3. The van der Waals surface area contributed by atoms with Crippen LogP contribution in [-0.2, 0) is 4.74 Å². The second kappa shape index (κ2) is 6.64. The average molecular weight is 333 g/mol. The first-order valence-electron chi connectivity index (χ1n) is 7.48. The number of anilines is 1. The molecule has 2 heterocycles. The number of aliphatic imine (C=N–C) groups is 1. The minimum absolute atomic E-state index is 0.233. The fraction of sp³-hybridized carbons (Fsp3) is 0.375. The molecule has 3 N–H and O–H groups in total. The van der Waals surface area contributed by atoms with Crippen molar-refractivity contribution in [1.82, 2.24) is 0 Å². The Morgan fingerprint density at radius 3 is 2.74 bits per heavy atom. The highest BCUT2D eigenvalue weighted by Gasteiger charge is 2.30. The lowest BCUT2D eigenvalue weighted by Gasteiger charge is -2.13. The number of rotatable bonds is 2. The molecule has 23 heavy (non-hydrogen) atoms. The van der Waals surface area contributed by atoms with E-state index in [-0.39, 0.29) is 5.75 Å². The highest BCUT2D eigenvalue weighted by atomic mass is 32.2. The van der Waals surface area contributed by atoms with E-state index in [1.54, 1.807) is 6.07 Å². The molecule has 0 atom stereocenters. The maximum atomic E-state index is 10.2. The number of ether oxygens (including phenoxy) is 1. The van der Waals surface area contributed by atoms with E-state index in [0.717, 1.165) is 34.4 Å². The van der Waals surface area contributed by atoms with E-state index in [1.807, 2.05) is 37.2 Å². The normalized spacial score (nSPS) is 20.1. The molecular formula is C16H21N4O2S+. The largest absolute Gasteiger partial charge is 0.507 e. The second-order valence-electron chi connectivity index (χ2n) is 5.63. The summed E-state index contributed by atoms with van der Waals surface area (Å²) in [6.07, 6.45) is 1.88. The lowest BCUT2D eigenvalue weighted by Crippen LogP contribution is -2.31. The summed E-state index contributed by atoms with van der Waals surface area (Å²) in [7, 11) is 3.88. The van der Waals surface area contributed by atoms with Crippen molar-refractivity contribution in [2.24, 2.45) is 10.7 Å². The Hall–Kier alpha value is -1.99. The Morgan fingerprint density at radius 1 is 1.35 bits per heavy atom. The maximum Gasteiger partial charge on any atom is 0.362 e. The lowest BCUT2D eigenvalue weighted by molar-refractivity contribution is -0.547. The molecule has 7 heteroatoms. The minimum Gasteiger partial charge on any atom is -0.507 e. The van der Waals surface area contributed by atoms with Crippen LogP contribution >= 0.6 is 11.8 Å². The Morgan fingerprint density at radius 2 is 2.09 bits per heavy atom. The van der Waals surface area contributed by atoms with Crippen molar-refractivity contribution < 1.29 is 14.4 Å². The van der Waals surface area contributed by atoms with Crippen molar-refractivity contribution in [2.45, 2.75) is 0 Å². The van der Waals surface area contributed by atoms with Crippen LogP contribution in [0.25, 0.3) is 6.08 Å². The summed E-state index contributed by atoms with van der Waals surface area (Å²) in [6, 6.07) is 5.59. The Balaban J connectivity index is 1.85. The number of morpholine rings is 1. The highest BCUT2D eigenvalue weighted by Crippen LogP contribution is 2.31. The van der Waals surface area contributed by atoms with Crippen LogP contribution in [0.5, 0.6) is 5.75 Å². The zero-order valence-corrected chi connectivity index (χ0v) is 14.1. The topological polar surface area (TPSA) is 74.1 Å². The Labute approximate surface area is 140 Å². The van der Waals surface area contributed by atoms with Gasteiger partial charge in [0.1, 0.15) is 18.8 Å². The van der Waals surface area contributed by atoms with Crippen molar-refractivity contribution in [3.05, 3.63) is 28.7 Å². The van der Waals surface area contributed by atoms with Gasteiger partial charge in [-0.3, -0.25) is 0 Å². The van der Waals surface area contributed by atoms with Crippen molar-refractivity contribution >= 4 is 34.5 Å². The first-order chi connectivity index (χ1) is 11.0. The van der Waals surface area contributed by atoms with E-state index in [9.17, 15) is 5.11 Å². The standard InChI is InChI=1S/C16H20N4O2S/c1-19(2)12-4-3-11(13(21)10-12)9-14-15(17)18-16(23-14)20-5-7-22-8-6-20/h3-4,9-10H,5-8H2,1-2H3,(H2,17,21)/p+1. The molecule has 1 aromatic carbocycles. The van der Waals surface area contributed by atoms with Gasteiger partial charge in [0.05, 0.1) is 18.1 Å². The fourth-order valence-electron chi connectivity index (χ4n) is 2.40. The van der Waals surface area contributed by atoms with Gasteiger partial charge in [0.25, 0.3) is 5.84 Å². The van der Waals surface area contributed by atoms with Crippen molar-refractivity contribution in [2.75, 3.05) is 45.3 Å². The highest BCUT2D eigenvalue weighted by molar-refractivity contribution is 8.18. The number of hydrogen-bond donors (Lipinski definition) is 2. The van der Waals surface area contributed by atoms with Gasteiger partial charge in [-0.15, -0.1) is 0 Å². The lowest BCUT2D eigenvalue weighted by atomic mass is 10.1. The monoisotopic (exact) mass is 333 g/mol. The fourth-order valence-corrected chi connectivity index (χ4v) is 3.39. The number of amidine groups is 2. The quantitative estimate of drug-likeness (QED) is 0.798. The number of phenolic OH excluding ortho intramolecular Hbond substituents is 1. The number of phenols is 1. The van der Waals surface area contributed by atoms with Crippen molar-refractivity contribution in [3.63, 3.8) is 0 Å². The molecule has 0 amide bonds. The molecule has 0 aromatic heterocycles. The average Bonchev–Trinajstić information content (AvgIpc) is 2.91. The molecule has 1 fully saturated rings. The van der Waals surface area contributed by atoms with Crippen LogP contribution in [0, 0.1) is 0 Å². The molecule has 0 bridgehead atoms. The van der Waals surface area contributed by atoms with Crippen LogP contribution in [0.4, 0.5) is 5.69 Å². The first-order valence-corrected chi connectivity index (χ1v) is 8.30. The molecule has 3 rings (SSSR count). The SMILES string of the molecule is CN(C)c1ccc(C=C2SC(=[N+]3CCOCC3)N=C2N)c(O)c1. The smallest absolute Gasteiger partial charge is 0.362 e. The molecule has 2 aliphatic rings. The van der Waals surface area contributed by atoms with Crippen LogP contribution in [0.1, 0.15) is 5.56 Å². The number of thioether (sulfide) groups is 1. The summed E-state index contributed by atoms with van der Waals surface area (Å²) in [6.45, 7) is 3.08. The molecule has 0 saturated carbocycles. The molecule has 0 spiro atoms. The summed E-state index contributed by atoms with van der Waals surface area (Å²) < 4.78 is 7.54. The van der Waals surface area contributed by atoms with Crippen LogP contribution in [0.3, 0.4) is 0 Å². The van der Waals surface area contributed by atoms with Gasteiger partial charge in [0, 0.05) is 43.2 Å². The molecule has 6 nitrogen and oxygen atoms in total. The molecule has 0 radical (unpaired) electrons. The van der Waals surface area contributed by atoms with E-state index >= 15 is 0 Å².